The number of hydrogen-bond acceptors (Lipinski definition) is 6. The van der Waals surface area contributed by atoms with Crippen LogP contribution in [0.5, 0.6) is 0 Å². The number of benzene rings is 1. The third kappa shape index (κ3) is 2.85. The largest absolute Gasteiger partial charge is 0.389 e. The fourth-order valence-electron chi connectivity index (χ4n) is 1.40. The molecule has 0 bridgehead atoms. The van der Waals surface area contributed by atoms with Crippen molar-refractivity contribution in [2.45, 2.75) is 4.90 Å². The summed E-state index contributed by atoms with van der Waals surface area (Å²) in [5.74, 6) is -0.125. The second-order valence-corrected chi connectivity index (χ2v) is 5.66. The van der Waals surface area contributed by atoms with E-state index >= 15 is 0 Å². The summed E-state index contributed by atoms with van der Waals surface area (Å²) in [6, 6.07) is 6.14. The van der Waals surface area contributed by atoms with Crippen LogP contribution in [0.3, 0.4) is 0 Å². The van der Waals surface area contributed by atoms with Crippen LogP contribution in [-0.4, -0.2) is 33.6 Å². The van der Waals surface area contributed by atoms with E-state index in [0.29, 0.717) is 0 Å². The van der Waals surface area contributed by atoms with Gasteiger partial charge >= 0.3 is 0 Å². The summed E-state index contributed by atoms with van der Waals surface area (Å²) in [4.78, 5) is 1.10. The van der Waals surface area contributed by atoms with Gasteiger partial charge in [-0.15, -0.1) is 5.10 Å². The van der Waals surface area contributed by atoms with E-state index in [1.54, 1.807) is 12.1 Å². The fraction of sp³-hybridized carbons (Fsp3) is 0.111. The monoisotopic (exact) mass is 298 g/mol. The normalized spacial score (nSPS) is 11.2. The number of hydrogen-bond donors (Lipinski definition) is 2. The predicted octanol–water partition coefficient (Wildman–Crippen LogP) is -0.355. The van der Waals surface area contributed by atoms with Gasteiger partial charge in [0.15, 0.2) is 0 Å². The SMILES string of the molecule is Cn1nnc(NS(=O)(=O)c2ccccc2C(N)=S)n1. The topological polar surface area (TPSA) is 116 Å². The van der Waals surface area contributed by atoms with Crippen LogP contribution < -0.4 is 10.5 Å². The second kappa shape index (κ2) is 4.90. The Bertz CT molecular complexity index is 724. The van der Waals surface area contributed by atoms with Crippen molar-refractivity contribution in [2.24, 2.45) is 12.8 Å². The Hall–Kier alpha value is -2.07. The molecule has 0 saturated carbocycles. The van der Waals surface area contributed by atoms with Crippen molar-refractivity contribution < 1.29 is 8.42 Å². The molecule has 2 aromatic rings. The van der Waals surface area contributed by atoms with Gasteiger partial charge in [0.1, 0.15) is 4.99 Å². The van der Waals surface area contributed by atoms with E-state index in [1.807, 2.05) is 0 Å². The molecule has 0 saturated heterocycles. The van der Waals surface area contributed by atoms with Crippen LogP contribution in [0.1, 0.15) is 5.56 Å². The molecule has 0 radical (unpaired) electrons. The van der Waals surface area contributed by atoms with E-state index in [9.17, 15) is 8.42 Å². The zero-order valence-electron chi connectivity index (χ0n) is 9.81. The number of aryl methyl sites for hydroxylation is 1. The number of nitrogens with zero attached hydrogens (tertiary/aromatic N) is 4. The van der Waals surface area contributed by atoms with Crippen LogP contribution in [0.4, 0.5) is 5.95 Å². The molecule has 1 aromatic heterocycles. The number of aromatic nitrogens is 4. The van der Waals surface area contributed by atoms with Gasteiger partial charge in [0, 0.05) is 5.56 Å². The van der Waals surface area contributed by atoms with Crippen molar-refractivity contribution in [3.05, 3.63) is 29.8 Å². The number of rotatable bonds is 4. The molecular formula is C9H10N6O2S2. The van der Waals surface area contributed by atoms with E-state index in [-0.39, 0.29) is 21.4 Å². The van der Waals surface area contributed by atoms with Crippen LogP contribution >= 0.6 is 12.2 Å². The van der Waals surface area contributed by atoms with Gasteiger partial charge in [-0.3, -0.25) is 0 Å². The maximum Gasteiger partial charge on any atom is 0.277 e. The summed E-state index contributed by atoms with van der Waals surface area (Å²) in [5.41, 5.74) is 5.76. The lowest BCUT2D eigenvalue weighted by atomic mass is 10.2. The average Bonchev–Trinajstić information content (AvgIpc) is 2.74. The molecule has 0 aliphatic heterocycles. The highest BCUT2D eigenvalue weighted by Crippen LogP contribution is 2.17. The van der Waals surface area contributed by atoms with E-state index in [2.05, 4.69) is 20.1 Å². The number of nitrogens with two attached hydrogens (primary N) is 1. The van der Waals surface area contributed by atoms with Crippen molar-refractivity contribution in [1.29, 1.82) is 0 Å². The Kier molecular flexibility index (Phi) is 3.44. The standard InChI is InChI=1S/C9H10N6O2S2/c1-15-12-9(11-14-15)13-19(16,17)7-5-3-2-4-6(7)8(10)18/h2-5H,1H3,(H2,10,18)(H,12,13). The molecule has 0 fully saturated rings. The maximum absolute atomic E-state index is 12.2. The molecule has 0 aliphatic rings. The van der Waals surface area contributed by atoms with E-state index in [1.165, 1.54) is 19.2 Å². The van der Waals surface area contributed by atoms with Gasteiger partial charge in [-0.05, 0) is 11.3 Å². The molecule has 0 unspecified atom stereocenters. The Morgan fingerprint density at radius 1 is 1.42 bits per heavy atom. The first-order valence-corrected chi connectivity index (χ1v) is 6.95. The quantitative estimate of drug-likeness (QED) is 0.741. The number of tetrazole rings is 1. The fourth-order valence-corrected chi connectivity index (χ4v) is 2.80. The number of thiocarbonyl (C=S) groups is 1. The smallest absolute Gasteiger partial charge is 0.277 e. The van der Waals surface area contributed by atoms with Crippen molar-refractivity contribution in [1.82, 2.24) is 20.2 Å². The highest BCUT2D eigenvalue weighted by atomic mass is 32.2. The van der Waals surface area contributed by atoms with Crippen molar-refractivity contribution in [3.8, 4) is 0 Å². The lowest BCUT2D eigenvalue weighted by Gasteiger charge is -2.08. The van der Waals surface area contributed by atoms with E-state index in [4.69, 9.17) is 18.0 Å². The van der Waals surface area contributed by atoms with Crippen LogP contribution in [0.15, 0.2) is 29.2 Å². The van der Waals surface area contributed by atoms with Gasteiger partial charge in [-0.1, -0.05) is 35.5 Å². The molecule has 10 heteroatoms. The first kappa shape index (κ1) is 13.4. The number of anilines is 1. The highest BCUT2D eigenvalue weighted by molar-refractivity contribution is 7.93. The minimum absolute atomic E-state index is 0.00641. The minimum atomic E-state index is -3.87. The predicted molar refractivity (Wildman–Crippen MR) is 71.9 cm³/mol. The summed E-state index contributed by atoms with van der Waals surface area (Å²) in [5, 5.41) is 10.8. The van der Waals surface area contributed by atoms with Gasteiger partial charge < -0.3 is 5.73 Å². The molecule has 2 rings (SSSR count). The molecular weight excluding hydrogens is 288 g/mol. The second-order valence-electron chi connectivity index (χ2n) is 3.57. The number of nitrogens with one attached hydrogen (secondary N) is 1. The van der Waals surface area contributed by atoms with Crippen LogP contribution in [0, 0.1) is 0 Å². The lowest BCUT2D eigenvalue weighted by molar-refractivity contribution is 0.600. The molecule has 0 spiro atoms. The Morgan fingerprint density at radius 3 is 2.68 bits per heavy atom. The van der Waals surface area contributed by atoms with E-state index < -0.39 is 10.0 Å². The van der Waals surface area contributed by atoms with Gasteiger partial charge in [-0.25, -0.2) is 13.1 Å². The number of sulfonamides is 1. The lowest BCUT2D eigenvalue weighted by Crippen LogP contribution is -2.20. The molecule has 0 aliphatic carbocycles. The summed E-state index contributed by atoms with van der Waals surface area (Å²) >= 11 is 4.82. The third-order valence-electron chi connectivity index (χ3n) is 2.18. The summed E-state index contributed by atoms with van der Waals surface area (Å²) < 4.78 is 26.6. The molecule has 0 atom stereocenters. The zero-order valence-corrected chi connectivity index (χ0v) is 11.4. The van der Waals surface area contributed by atoms with Crippen LogP contribution in [0.2, 0.25) is 0 Å². The Balaban J connectivity index is 2.43. The van der Waals surface area contributed by atoms with Gasteiger partial charge in [0.25, 0.3) is 16.0 Å². The molecule has 1 heterocycles. The maximum atomic E-state index is 12.2. The van der Waals surface area contributed by atoms with Gasteiger partial charge in [-0.2, -0.15) is 4.80 Å². The van der Waals surface area contributed by atoms with Crippen molar-refractivity contribution in [3.63, 3.8) is 0 Å². The van der Waals surface area contributed by atoms with E-state index in [0.717, 1.165) is 4.80 Å². The first-order chi connectivity index (χ1) is 8.90. The average molecular weight is 298 g/mol. The summed E-state index contributed by atoms with van der Waals surface area (Å²) in [7, 11) is -2.35. The Labute approximate surface area is 114 Å². The van der Waals surface area contributed by atoms with Gasteiger partial charge in [0.2, 0.25) is 0 Å². The highest BCUT2D eigenvalue weighted by Gasteiger charge is 2.21. The van der Waals surface area contributed by atoms with Crippen LogP contribution in [-0.2, 0) is 17.1 Å². The molecule has 100 valence electrons. The minimum Gasteiger partial charge on any atom is -0.389 e. The van der Waals surface area contributed by atoms with Crippen LogP contribution in [0.25, 0.3) is 0 Å². The summed E-state index contributed by atoms with van der Waals surface area (Å²) in [6.45, 7) is 0. The first-order valence-electron chi connectivity index (χ1n) is 5.06. The van der Waals surface area contributed by atoms with Crippen molar-refractivity contribution in [2.75, 3.05) is 4.72 Å². The molecule has 0 amide bonds. The zero-order chi connectivity index (χ0) is 14.0. The molecule has 3 N–H and O–H groups in total. The van der Waals surface area contributed by atoms with Gasteiger partial charge in [0.05, 0.1) is 11.9 Å². The van der Waals surface area contributed by atoms with Crippen molar-refractivity contribution >= 4 is 33.2 Å². The molecule has 8 nitrogen and oxygen atoms in total. The summed E-state index contributed by atoms with van der Waals surface area (Å²) in [6.07, 6.45) is 0. The molecule has 19 heavy (non-hydrogen) atoms. The Morgan fingerprint density at radius 2 is 2.11 bits per heavy atom. The molecule has 1 aromatic carbocycles. The third-order valence-corrected chi connectivity index (χ3v) is 3.78.